The van der Waals surface area contributed by atoms with Crippen LogP contribution in [0.25, 0.3) is 0 Å². The Morgan fingerprint density at radius 3 is 2.76 bits per heavy atom. The van der Waals surface area contributed by atoms with Crippen molar-refractivity contribution in [2.24, 2.45) is 0 Å². The zero-order valence-corrected chi connectivity index (χ0v) is 12.6. The fourth-order valence-corrected chi connectivity index (χ4v) is 2.90. The van der Waals surface area contributed by atoms with Crippen LogP contribution in [0.2, 0.25) is 0 Å². The van der Waals surface area contributed by atoms with Crippen molar-refractivity contribution in [2.75, 3.05) is 19.5 Å². The molecule has 0 spiro atoms. The van der Waals surface area contributed by atoms with Crippen LogP contribution in [0.15, 0.2) is 36.4 Å². The Morgan fingerprint density at radius 1 is 1.14 bits per heavy atom. The van der Waals surface area contributed by atoms with E-state index in [4.69, 9.17) is 9.47 Å². The van der Waals surface area contributed by atoms with E-state index in [9.17, 15) is 0 Å². The summed E-state index contributed by atoms with van der Waals surface area (Å²) < 4.78 is 10.6. The SMILES string of the molecule is COc1cccc(C2CC(C)Nc3ccc(OC)nc32)c1. The molecule has 0 saturated carbocycles. The first-order valence-corrected chi connectivity index (χ1v) is 7.16. The van der Waals surface area contributed by atoms with Crippen molar-refractivity contribution in [1.29, 1.82) is 0 Å². The first kappa shape index (κ1) is 13.7. The van der Waals surface area contributed by atoms with Crippen molar-refractivity contribution in [1.82, 2.24) is 4.98 Å². The van der Waals surface area contributed by atoms with Crippen molar-refractivity contribution >= 4 is 5.69 Å². The lowest BCUT2D eigenvalue weighted by molar-refractivity contribution is 0.394. The third-order valence-corrected chi connectivity index (χ3v) is 3.93. The van der Waals surface area contributed by atoms with E-state index in [1.807, 2.05) is 24.3 Å². The van der Waals surface area contributed by atoms with Gasteiger partial charge >= 0.3 is 0 Å². The van der Waals surface area contributed by atoms with E-state index in [0.717, 1.165) is 23.6 Å². The lowest BCUT2D eigenvalue weighted by atomic mass is 9.85. The summed E-state index contributed by atoms with van der Waals surface area (Å²) in [5.74, 6) is 1.78. The predicted octanol–water partition coefficient (Wildman–Crippen LogP) is 3.43. The van der Waals surface area contributed by atoms with E-state index in [-0.39, 0.29) is 5.92 Å². The molecule has 4 nitrogen and oxygen atoms in total. The van der Waals surface area contributed by atoms with Crippen LogP contribution in [-0.4, -0.2) is 25.2 Å². The molecule has 0 amide bonds. The van der Waals surface area contributed by atoms with Crippen molar-refractivity contribution < 1.29 is 9.47 Å². The van der Waals surface area contributed by atoms with E-state index >= 15 is 0 Å². The van der Waals surface area contributed by atoms with Crippen molar-refractivity contribution in [3.05, 3.63) is 47.7 Å². The second-order valence-corrected chi connectivity index (χ2v) is 5.40. The Balaban J connectivity index is 2.06. The summed E-state index contributed by atoms with van der Waals surface area (Å²) in [7, 11) is 3.34. The summed E-state index contributed by atoms with van der Waals surface area (Å²) in [6.07, 6.45) is 1.00. The van der Waals surface area contributed by atoms with Crippen LogP contribution < -0.4 is 14.8 Å². The van der Waals surface area contributed by atoms with Gasteiger partial charge in [-0.1, -0.05) is 12.1 Å². The number of benzene rings is 1. The number of rotatable bonds is 3. The highest BCUT2D eigenvalue weighted by Crippen LogP contribution is 2.39. The predicted molar refractivity (Wildman–Crippen MR) is 83.3 cm³/mol. The normalized spacial score (nSPS) is 20.3. The molecule has 2 heterocycles. The van der Waals surface area contributed by atoms with Gasteiger partial charge < -0.3 is 14.8 Å². The largest absolute Gasteiger partial charge is 0.497 e. The first-order chi connectivity index (χ1) is 10.2. The molecule has 1 aromatic carbocycles. The number of hydrogen-bond acceptors (Lipinski definition) is 4. The van der Waals surface area contributed by atoms with Crippen molar-refractivity contribution in [3.8, 4) is 11.6 Å². The second kappa shape index (κ2) is 5.64. The van der Waals surface area contributed by atoms with Crippen molar-refractivity contribution in [2.45, 2.75) is 25.3 Å². The Bertz CT molecular complexity index is 642. The van der Waals surface area contributed by atoms with Gasteiger partial charge in [-0.05, 0) is 37.1 Å². The third kappa shape index (κ3) is 2.66. The standard InChI is InChI=1S/C17H20N2O2/c1-11-9-14(12-5-4-6-13(10-12)20-2)17-15(18-11)7-8-16(19-17)21-3/h4-8,10-11,14,18H,9H2,1-3H3. The maximum Gasteiger partial charge on any atom is 0.213 e. The van der Waals surface area contributed by atoms with Crippen LogP contribution in [0, 0.1) is 0 Å². The highest BCUT2D eigenvalue weighted by atomic mass is 16.5. The minimum Gasteiger partial charge on any atom is -0.497 e. The van der Waals surface area contributed by atoms with Gasteiger partial charge in [0.05, 0.1) is 25.6 Å². The molecule has 3 rings (SSSR count). The minimum atomic E-state index is 0.251. The molecule has 0 saturated heterocycles. The zero-order chi connectivity index (χ0) is 14.8. The average molecular weight is 284 g/mol. The molecule has 1 aliphatic rings. The van der Waals surface area contributed by atoms with Gasteiger partial charge in [-0.25, -0.2) is 4.98 Å². The van der Waals surface area contributed by atoms with Gasteiger partial charge in [0, 0.05) is 18.0 Å². The van der Waals surface area contributed by atoms with E-state index in [2.05, 4.69) is 29.4 Å². The number of nitrogens with zero attached hydrogens (tertiary/aromatic N) is 1. The van der Waals surface area contributed by atoms with Gasteiger partial charge in [0.15, 0.2) is 0 Å². The molecular formula is C17H20N2O2. The summed E-state index contributed by atoms with van der Waals surface area (Å²) in [5, 5.41) is 3.49. The van der Waals surface area contributed by atoms with Gasteiger partial charge in [-0.2, -0.15) is 0 Å². The number of fused-ring (bicyclic) bond motifs is 1. The van der Waals surface area contributed by atoms with E-state index in [1.165, 1.54) is 5.56 Å². The summed E-state index contributed by atoms with van der Waals surface area (Å²) in [4.78, 5) is 4.65. The molecule has 0 radical (unpaired) electrons. The van der Waals surface area contributed by atoms with E-state index in [0.29, 0.717) is 11.9 Å². The lowest BCUT2D eigenvalue weighted by Crippen LogP contribution is -2.26. The van der Waals surface area contributed by atoms with Crippen LogP contribution >= 0.6 is 0 Å². The highest BCUT2D eigenvalue weighted by Gasteiger charge is 2.27. The van der Waals surface area contributed by atoms with Gasteiger partial charge in [0.1, 0.15) is 5.75 Å². The van der Waals surface area contributed by atoms with Crippen LogP contribution in [-0.2, 0) is 0 Å². The molecule has 4 heteroatoms. The molecule has 2 atom stereocenters. The molecule has 0 fully saturated rings. The monoisotopic (exact) mass is 284 g/mol. The Hall–Kier alpha value is -2.23. The number of aromatic nitrogens is 1. The van der Waals surface area contributed by atoms with Crippen molar-refractivity contribution in [3.63, 3.8) is 0 Å². The summed E-state index contributed by atoms with van der Waals surface area (Å²) in [6, 6.07) is 12.6. The van der Waals surface area contributed by atoms with Crippen LogP contribution in [0.5, 0.6) is 11.6 Å². The molecule has 1 aliphatic heterocycles. The minimum absolute atomic E-state index is 0.251. The second-order valence-electron chi connectivity index (χ2n) is 5.40. The smallest absolute Gasteiger partial charge is 0.213 e. The maximum absolute atomic E-state index is 5.34. The van der Waals surface area contributed by atoms with Gasteiger partial charge in [-0.15, -0.1) is 0 Å². The topological polar surface area (TPSA) is 43.4 Å². The summed E-state index contributed by atoms with van der Waals surface area (Å²) in [6.45, 7) is 2.19. The highest BCUT2D eigenvalue weighted by molar-refractivity contribution is 5.56. The number of pyridine rings is 1. The quantitative estimate of drug-likeness (QED) is 0.937. The van der Waals surface area contributed by atoms with Gasteiger partial charge in [0.2, 0.25) is 5.88 Å². The first-order valence-electron chi connectivity index (χ1n) is 7.16. The van der Waals surface area contributed by atoms with Crippen LogP contribution in [0.1, 0.15) is 30.5 Å². The van der Waals surface area contributed by atoms with Crippen LogP contribution in [0.4, 0.5) is 5.69 Å². The maximum atomic E-state index is 5.34. The van der Waals surface area contributed by atoms with E-state index < -0.39 is 0 Å². The Labute approximate surface area is 125 Å². The molecule has 0 aliphatic carbocycles. The number of nitrogens with one attached hydrogen (secondary N) is 1. The summed E-state index contributed by atoms with van der Waals surface area (Å²) in [5.41, 5.74) is 3.35. The molecule has 1 aromatic heterocycles. The molecule has 110 valence electrons. The molecule has 1 N–H and O–H groups in total. The molecule has 21 heavy (non-hydrogen) atoms. The Kier molecular flexibility index (Phi) is 3.69. The fourth-order valence-electron chi connectivity index (χ4n) is 2.90. The summed E-state index contributed by atoms with van der Waals surface area (Å²) >= 11 is 0. The molecule has 0 bridgehead atoms. The van der Waals surface area contributed by atoms with E-state index in [1.54, 1.807) is 14.2 Å². The number of hydrogen-bond donors (Lipinski definition) is 1. The number of anilines is 1. The third-order valence-electron chi connectivity index (χ3n) is 3.93. The van der Waals surface area contributed by atoms with Gasteiger partial charge in [0.25, 0.3) is 0 Å². The van der Waals surface area contributed by atoms with Crippen LogP contribution in [0.3, 0.4) is 0 Å². The zero-order valence-electron chi connectivity index (χ0n) is 12.6. The number of methoxy groups -OCH3 is 2. The Morgan fingerprint density at radius 2 is 2.00 bits per heavy atom. The lowest BCUT2D eigenvalue weighted by Gasteiger charge is -2.31. The van der Waals surface area contributed by atoms with Gasteiger partial charge in [-0.3, -0.25) is 0 Å². The fraction of sp³-hybridized carbons (Fsp3) is 0.353. The molecule has 2 unspecified atom stereocenters. The number of ether oxygens (including phenoxy) is 2. The molecular weight excluding hydrogens is 264 g/mol. The average Bonchev–Trinajstić information content (AvgIpc) is 2.53. The molecule has 2 aromatic rings.